The Bertz CT molecular complexity index is 540. The molecule has 0 amide bonds. The minimum Gasteiger partial charge on any atom is -0.382 e. The second kappa shape index (κ2) is 5.68. The molecule has 2 heteroatoms. The van der Waals surface area contributed by atoms with Crippen LogP contribution in [0.2, 0.25) is 0 Å². The van der Waals surface area contributed by atoms with E-state index in [9.17, 15) is 0 Å². The van der Waals surface area contributed by atoms with E-state index in [4.69, 9.17) is 4.74 Å². The average Bonchev–Trinajstić information content (AvgIpc) is 2.94. The zero-order valence-corrected chi connectivity index (χ0v) is 12.0. The first-order valence-electron chi connectivity index (χ1n) is 7.24. The van der Waals surface area contributed by atoms with Crippen LogP contribution in [0.1, 0.15) is 18.4 Å². The SMILES string of the molecule is COC[C@]1(c2ccccc2)CCCN1c1ccccc1. The van der Waals surface area contributed by atoms with Gasteiger partial charge in [-0.3, -0.25) is 0 Å². The van der Waals surface area contributed by atoms with Crippen LogP contribution in [0.3, 0.4) is 0 Å². The highest BCUT2D eigenvalue weighted by Crippen LogP contribution is 2.42. The molecule has 0 saturated carbocycles. The van der Waals surface area contributed by atoms with Gasteiger partial charge in [-0.05, 0) is 30.5 Å². The predicted octanol–water partition coefficient (Wildman–Crippen LogP) is 3.83. The van der Waals surface area contributed by atoms with Gasteiger partial charge in [0.15, 0.2) is 0 Å². The summed E-state index contributed by atoms with van der Waals surface area (Å²) < 4.78 is 5.59. The standard InChI is InChI=1S/C18H21NO/c1-20-15-18(16-9-4-2-5-10-16)13-8-14-19(18)17-11-6-3-7-12-17/h2-7,9-12H,8,13-15H2,1H3/t18-/m0/s1. The lowest BCUT2D eigenvalue weighted by atomic mass is 9.87. The van der Waals surface area contributed by atoms with Crippen molar-refractivity contribution in [2.24, 2.45) is 0 Å². The first-order valence-corrected chi connectivity index (χ1v) is 7.24. The Morgan fingerprint density at radius 2 is 1.65 bits per heavy atom. The van der Waals surface area contributed by atoms with Crippen LogP contribution in [-0.4, -0.2) is 20.3 Å². The minimum atomic E-state index is -0.0304. The molecule has 2 nitrogen and oxygen atoms in total. The van der Waals surface area contributed by atoms with Gasteiger partial charge in [-0.1, -0.05) is 48.5 Å². The molecule has 2 aromatic rings. The Kier molecular flexibility index (Phi) is 3.75. The molecule has 0 aliphatic carbocycles. The third kappa shape index (κ3) is 2.20. The lowest BCUT2D eigenvalue weighted by Gasteiger charge is -2.40. The molecule has 2 aromatic carbocycles. The first-order chi connectivity index (χ1) is 9.87. The molecule has 1 saturated heterocycles. The monoisotopic (exact) mass is 267 g/mol. The number of benzene rings is 2. The van der Waals surface area contributed by atoms with Gasteiger partial charge in [0.25, 0.3) is 0 Å². The van der Waals surface area contributed by atoms with Crippen molar-refractivity contribution in [3.05, 3.63) is 66.2 Å². The molecular weight excluding hydrogens is 246 g/mol. The fraction of sp³-hybridized carbons (Fsp3) is 0.333. The molecule has 0 aromatic heterocycles. The number of para-hydroxylation sites is 1. The van der Waals surface area contributed by atoms with Crippen molar-refractivity contribution in [3.63, 3.8) is 0 Å². The summed E-state index contributed by atoms with van der Waals surface area (Å²) in [5.41, 5.74) is 2.60. The van der Waals surface area contributed by atoms with Gasteiger partial charge in [-0.2, -0.15) is 0 Å². The van der Waals surface area contributed by atoms with Crippen LogP contribution in [0.25, 0.3) is 0 Å². The number of hydrogen-bond donors (Lipinski definition) is 0. The van der Waals surface area contributed by atoms with Crippen LogP contribution in [0.5, 0.6) is 0 Å². The summed E-state index contributed by atoms with van der Waals surface area (Å²) in [6.45, 7) is 1.81. The Labute approximate surface area is 121 Å². The summed E-state index contributed by atoms with van der Waals surface area (Å²) in [7, 11) is 1.80. The third-order valence-corrected chi connectivity index (χ3v) is 4.25. The zero-order valence-electron chi connectivity index (χ0n) is 12.0. The van der Waals surface area contributed by atoms with E-state index in [0.29, 0.717) is 0 Å². The van der Waals surface area contributed by atoms with Crippen LogP contribution in [0.4, 0.5) is 5.69 Å². The van der Waals surface area contributed by atoms with Gasteiger partial charge in [-0.15, -0.1) is 0 Å². The third-order valence-electron chi connectivity index (χ3n) is 4.25. The van der Waals surface area contributed by atoms with E-state index in [0.717, 1.165) is 19.6 Å². The molecule has 1 atom stereocenters. The maximum atomic E-state index is 5.59. The summed E-state index contributed by atoms with van der Waals surface area (Å²) in [6, 6.07) is 21.4. The molecule has 0 N–H and O–H groups in total. The maximum Gasteiger partial charge on any atom is 0.0887 e. The molecule has 1 aliphatic heterocycles. The van der Waals surface area contributed by atoms with Crippen LogP contribution in [0.15, 0.2) is 60.7 Å². The van der Waals surface area contributed by atoms with Gasteiger partial charge < -0.3 is 9.64 Å². The molecular formula is C18H21NO. The molecule has 0 spiro atoms. The number of anilines is 1. The lowest BCUT2D eigenvalue weighted by molar-refractivity contribution is 0.133. The van der Waals surface area contributed by atoms with E-state index in [-0.39, 0.29) is 5.54 Å². The summed E-state index contributed by atoms with van der Waals surface area (Å²) in [5, 5.41) is 0. The summed E-state index contributed by atoms with van der Waals surface area (Å²) >= 11 is 0. The Morgan fingerprint density at radius 3 is 2.30 bits per heavy atom. The number of rotatable bonds is 4. The summed E-state index contributed by atoms with van der Waals surface area (Å²) in [4.78, 5) is 2.51. The van der Waals surface area contributed by atoms with E-state index in [1.807, 2.05) is 0 Å². The molecule has 1 aliphatic rings. The summed E-state index contributed by atoms with van der Waals surface area (Å²) in [5.74, 6) is 0. The van der Waals surface area contributed by atoms with Crippen molar-refractivity contribution >= 4 is 5.69 Å². The Balaban J connectivity index is 2.05. The van der Waals surface area contributed by atoms with Gasteiger partial charge in [0.2, 0.25) is 0 Å². The maximum absolute atomic E-state index is 5.59. The van der Waals surface area contributed by atoms with Crippen LogP contribution >= 0.6 is 0 Å². The highest BCUT2D eigenvalue weighted by Gasteiger charge is 2.42. The zero-order chi connectivity index (χ0) is 13.8. The molecule has 104 valence electrons. The predicted molar refractivity (Wildman–Crippen MR) is 83.0 cm³/mol. The second-order valence-corrected chi connectivity index (χ2v) is 5.42. The normalized spacial score (nSPS) is 22.1. The molecule has 20 heavy (non-hydrogen) atoms. The largest absolute Gasteiger partial charge is 0.382 e. The quantitative estimate of drug-likeness (QED) is 0.834. The minimum absolute atomic E-state index is 0.0304. The molecule has 0 unspecified atom stereocenters. The average molecular weight is 267 g/mol. The number of ether oxygens (including phenoxy) is 1. The fourth-order valence-corrected chi connectivity index (χ4v) is 3.38. The fourth-order valence-electron chi connectivity index (χ4n) is 3.38. The summed E-state index contributed by atoms with van der Waals surface area (Å²) in [6.07, 6.45) is 2.34. The van der Waals surface area contributed by atoms with Crippen LogP contribution < -0.4 is 4.90 Å². The highest BCUT2D eigenvalue weighted by atomic mass is 16.5. The van der Waals surface area contributed by atoms with Gasteiger partial charge in [0, 0.05) is 19.3 Å². The highest BCUT2D eigenvalue weighted by molar-refractivity contribution is 5.53. The second-order valence-electron chi connectivity index (χ2n) is 5.42. The molecule has 0 bridgehead atoms. The van der Waals surface area contributed by atoms with E-state index >= 15 is 0 Å². The van der Waals surface area contributed by atoms with Crippen molar-refractivity contribution in [2.45, 2.75) is 18.4 Å². The number of nitrogens with zero attached hydrogens (tertiary/aromatic N) is 1. The number of hydrogen-bond acceptors (Lipinski definition) is 2. The van der Waals surface area contributed by atoms with Gasteiger partial charge >= 0.3 is 0 Å². The van der Waals surface area contributed by atoms with Gasteiger partial charge in [0.05, 0.1) is 12.1 Å². The molecule has 1 heterocycles. The molecule has 3 rings (SSSR count). The van der Waals surface area contributed by atoms with E-state index in [1.165, 1.54) is 17.7 Å². The lowest BCUT2D eigenvalue weighted by Crippen LogP contribution is -2.45. The molecule has 0 radical (unpaired) electrons. The van der Waals surface area contributed by atoms with Crippen LogP contribution in [-0.2, 0) is 10.3 Å². The Morgan fingerprint density at radius 1 is 1.00 bits per heavy atom. The van der Waals surface area contributed by atoms with Crippen molar-refractivity contribution in [1.29, 1.82) is 0 Å². The van der Waals surface area contributed by atoms with E-state index < -0.39 is 0 Å². The van der Waals surface area contributed by atoms with E-state index in [2.05, 4.69) is 65.6 Å². The van der Waals surface area contributed by atoms with Crippen molar-refractivity contribution < 1.29 is 4.74 Å². The van der Waals surface area contributed by atoms with E-state index in [1.54, 1.807) is 7.11 Å². The van der Waals surface area contributed by atoms with Gasteiger partial charge in [0.1, 0.15) is 0 Å². The smallest absolute Gasteiger partial charge is 0.0887 e. The molecule has 1 fully saturated rings. The topological polar surface area (TPSA) is 12.5 Å². The Hall–Kier alpha value is -1.80. The first kappa shape index (κ1) is 13.2. The van der Waals surface area contributed by atoms with Gasteiger partial charge in [-0.25, -0.2) is 0 Å². The van der Waals surface area contributed by atoms with Crippen LogP contribution in [0, 0.1) is 0 Å². The van der Waals surface area contributed by atoms with Crippen molar-refractivity contribution in [3.8, 4) is 0 Å². The number of methoxy groups -OCH3 is 1. The van der Waals surface area contributed by atoms with Crippen molar-refractivity contribution in [1.82, 2.24) is 0 Å². The van der Waals surface area contributed by atoms with Crippen molar-refractivity contribution in [2.75, 3.05) is 25.2 Å².